The molecule has 0 aliphatic carbocycles. The lowest BCUT2D eigenvalue weighted by Crippen LogP contribution is -2.53. The summed E-state index contributed by atoms with van der Waals surface area (Å²) >= 11 is 0. The predicted molar refractivity (Wildman–Crippen MR) is 136 cm³/mol. The molecule has 2 amide bonds. The number of aromatic nitrogens is 2. The Balaban J connectivity index is 1.35. The summed E-state index contributed by atoms with van der Waals surface area (Å²) in [5, 5.41) is 5.72. The number of carbonyl (C=O) groups is 3. The van der Waals surface area contributed by atoms with Crippen LogP contribution in [0, 0.1) is 5.82 Å². The van der Waals surface area contributed by atoms with Crippen LogP contribution in [0.2, 0.25) is 0 Å². The van der Waals surface area contributed by atoms with E-state index in [9.17, 15) is 18.8 Å². The fourth-order valence-corrected chi connectivity index (χ4v) is 4.19. The van der Waals surface area contributed by atoms with Crippen molar-refractivity contribution in [3.8, 4) is 0 Å². The van der Waals surface area contributed by atoms with Crippen LogP contribution in [0.15, 0.2) is 54.9 Å². The smallest absolute Gasteiger partial charge is 0.276 e. The number of H-pyrrole nitrogens is 1. The van der Waals surface area contributed by atoms with Crippen LogP contribution in [0.25, 0.3) is 0 Å². The highest BCUT2D eigenvalue weighted by Gasteiger charge is 2.28. The van der Waals surface area contributed by atoms with Gasteiger partial charge in [-0.1, -0.05) is 12.1 Å². The normalized spacial score (nSPS) is 14.2. The van der Waals surface area contributed by atoms with Crippen LogP contribution in [-0.2, 0) is 11.2 Å². The summed E-state index contributed by atoms with van der Waals surface area (Å²) in [7, 11) is 0. The number of hydrogen-bond acceptors (Lipinski definition) is 6. The first-order valence-electron chi connectivity index (χ1n) is 12.1. The monoisotopic (exact) mass is 507 g/mol. The Morgan fingerprint density at radius 1 is 1.03 bits per heavy atom. The first-order valence-corrected chi connectivity index (χ1v) is 12.1. The second kappa shape index (κ2) is 11.4. The van der Waals surface area contributed by atoms with Crippen LogP contribution < -0.4 is 10.6 Å². The molecule has 1 aliphatic heterocycles. The molecule has 0 bridgehead atoms. The summed E-state index contributed by atoms with van der Waals surface area (Å²) in [6.07, 6.45) is 1.45. The van der Waals surface area contributed by atoms with Gasteiger partial charge in [0.25, 0.3) is 11.8 Å². The third-order valence-corrected chi connectivity index (χ3v) is 6.00. The van der Waals surface area contributed by atoms with E-state index in [0.29, 0.717) is 31.0 Å². The molecule has 1 aliphatic rings. The molecule has 0 atom stereocenters. The van der Waals surface area contributed by atoms with Crippen molar-refractivity contribution in [3.63, 3.8) is 0 Å². The Kier molecular flexibility index (Phi) is 8.10. The molecule has 1 aromatic heterocycles. The highest BCUT2D eigenvalue weighted by atomic mass is 19.1. The third kappa shape index (κ3) is 7.08. The molecule has 3 aromatic rings. The zero-order chi connectivity index (χ0) is 26.4. The number of morpholine rings is 1. The number of amides is 2. The highest BCUT2D eigenvalue weighted by Crippen LogP contribution is 2.16. The molecule has 0 spiro atoms. The van der Waals surface area contributed by atoms with E-state index in [1.807, 2.05) is 13.8 Å². The average Bonchev–Trinajstić information content (AvgIpc) is 3.36. The molecule has 9 nitrogen and oxygen atoms in total. The van der Waals surface area contributed by atoms with Crippen molar-refractivity contribution >= 4 is 23.3 Å². The minimum atomic E-state index is -0.535. The lowest BCUT2D eigenvalue weighted by Gasteiger charge is -2.35. The van der Waals surface area contributed by atoms with E-state index in [1.165, 1.54) is 30.6 Å². The Bertz CT molecular complexity index is 1250. The van der Waals surface area contributed by atoms with Crippen LogP contribution in [0.5, 0.6) is 0 Å². The second-order valence-electron chi connectivity index (χ2n) is 9.61. The highest BCUT2D eigenvalue weighted by molar-refractivity contribution is 6.10. The zero-order valence-corrected chi connectivity index (χ0v) is 20.8. The number of ketones is 1. The second-order valence-corrected chi connectivity index (χ2v) is 9.61. The molecule has 37 heavy (non-hydrogen) atoms. The molecular formula is C27H30FN5O4. The number of anilines is 1. The van der Waals surface area contributed by atoms with Gasteiger partial charge in [0.15, 0.2) is 11.5 Å². The van der Waals surface area contributed by atoms with Gasteiger partial charge in [0.2, 0.25) is 0 Å². The van der Waals surface area contributed by atoms with Crippen molar-refractivity contribution in [2.45, 2.75) is 25.8 Å². The van der Waals surface area contributed by atoms with E-state index in [-0.39, 0.29) is 23.6 Å². The van der Waals surface area contributed by atoms with E-state index in [0.717, 1.165) is 18.7 Å². The number of aromatic amines is 1. The lowest BCUT2D eigenvalue weighted by atomic mass is 10.0. The maximum Gasteiger partial charge on any atom is 0.276 e. The predicted octanol–water partition coefficient (Wildman–Crippen LogP) is 3.07. The summed E-state index contributed by atoms with van der Waals surface area (Å²) in [5.74, 6) is -1.49. The van der Waals surface area contributed by atoms with Gasteiger partial charge in [0, 0.05) is 42.8 Å². The van der Waals surface area contributed by atoms with Gasteiger partial charge in [-0.25, -0.2) is 9.37 Å². The van der Waals surface area contributed by atoms with Crippen molar-refractivity contribution in [1.82, 2.24) is 20.2 Å². The molecule has 1 fully saturated rings. The zero-order valence-electron chi connectivity index (χ0n) is 20.8. The van der Waals surface area contributed by atoms with Crippen molar-refractivity contribution in [1.29, 1.82) is 0 Å². The van der Waals surface area contributed by atoms with Gasteiger partial charge in [-0.2, -0.15) is 0 Å². The molecule has 0 radical (unpaired) electrons. The van der Waals surface area contributed by atoms with E-state index in [4.69, 9.17) is 4.74 Å². The average molecular weight is 508 g/mol. The largest absolute Gasteiger partial charge is 0.379 e. The summed E-state index contributed by atoms with van der Waals surface area (Å²) in [6, 6.07) is 12.2. The summed E-state index contributed by atoms with van der Waals surface area (Å²) in [6.45, 7) is 7.44. The van der Waals surface area contributed by atoms with Gasteiger partial charge in [-0.15, -0.1) is 0 Å². The summed E-state index contributed by atoms with van der Waals surface area (Å²) < 4.78 is 18.5. The number of nitrogens with zero attached hydrogens (tertiary/aromatic N) is 2. The number of carbonyl (C=O) groups excluding carboxylic acids is 3. The Labute approximate surface area is 214 Å². The Morgan fingerprint density at radius 3 is 2.38 bits per heavy atom. The van der Waals surface area contributed by atoms with Gasteiger partial charge in [0.05, 0.1) is 19.5 Å². The van der Waals surface area contributed by atoms with Crippen molar-refractivity contribution in [2.24, 2.45) is 0 Å². The van der Waals surface area contributed by atoms with Gasteiger partial charge in [-0.05, 0) is 55.8 Å². The topological polar surface area (TPSA) is 116 Å². The van der Waals surface area contributed by atoms with Crippen molar-refractivity contribution in [3.05, 3.63) is 83.2 Å². The van der Waals surface area contributed by atoms with Gasteiger partial charge in [0.1, 0.15) is 11.5 Å². The van der Waals surface area contributed by atoms with Gasteiger partial charge in [-0.3, -0.25) is 19.3 Å². The number of imidazole rings is 1. The fourth-order valence-electron chi connectivity index (χ4n) is 4.19. The Hall–Kier alpha value is -3.89. The van der Waals surface area contributed by atoms with Crippen molar-refractivity contribution < 1.29 is 23.5 Å². The Morgan fingerprint density at radius 2 is 1.70 bits per heavy atom. The molecule has 3 N–H and O–H groups in total. The standard InChI is InChI=1S/C27H30FN5O4/c1-27(2,16-33-11-13-37-14-12-33)32-26(36)24-23(29-17-30-24)25(35)31-21-9-3-18(4-10-21)15-22(34)19-5-7-20(28)8-6-19/h3-10,17H,11-16H2,1-2H3,(H,29,30)(H,31,35)(H,32,36). The molecule has 2 aromatic carbocycles. The minimum Gasteiger partial charge on any atom is -0.379 e. The van der Waals surface area contributed by atoms with Crippen LogP contribution in [0.4, 0.5) is 10.1 Å². The number of halogens is 1. The number of ether oxygens (including phenoxy) is 1. The van der Waals surface area contributed by atoms with Crippen LogP contribution in [0.3, 0.4) is 0 Å². The fraction of sp³-hybridized carbons (Fsp3) is 0.333. The first kappa shape index (κ1) is 26.2. The molecule has 4 rings (SSSR count). The molecule has 2 heterocycles. The SMILES string of the molecule is CC(C)(CN1CCOCC1)NC(=O)c1[nH]cnc1C(=O)Nc1ccc(CC(=O)c2ccc(F)cc2)cc1. The molecule has 1 saturated heterocycles. The molecule has 10 heteroatoms. The number of hydrogen-bond donors (Lipinski definition) is 3. The van der Waals surface area contributed by atoms with E-state index < -0.39 is 23.2 Å². The maximum atomic E-state index is 13.1. The lowest BCUT2D eigenvalue weighted by molar-refractivity contribution is 0.0268. The maximum absolute atomic E-state index is 13.1. The van der Waals surface area contributed by atoms with E-state index >= 15 is 0 Å². The van der Waals surface area contributed by atoms with E-state index in [1.54, 1.807) is 24.3 Å². The number of Topliss-reactive ketones (excluding diaryl/α,β-unsaturated/α-hetero) is 1. The van der Waals surface area contributed by atoms with Crippen LogP contribution >= 0.6 is 0 Å². The molecule has 0 unspecified atom stereocenters. The molecular weight excluding hydrogens is 477 g/mol. The first-order chi connectivity index (χ1) is 17.7. The quantitative estimate of drug-likeness (QED) is 0.384. The van der Waals surface area contributed by atoms with Gasteiger partial charge < -0.3 is 20.4 Å². The number of nitrogens with one attached hydrogen (secondary N) is 3. The van der Waals surface area contributed by atoms with Crippen LogP contribution in [0.1, 0.15) is 50.7 Å². The molecule has 0 saturated carbocycles. The number of benzene rings is 2. The minimum absolute atomic E-state index is 0.0183. The van der Waals surface area contributed by atoms with E-state index in [2.05, 4.69) is 25.5 Å². The number of rotatable bonds is 9. The summed E-state index contributed by atoms with van der Waals surface area (Å²) in [5.41, 5.74) is 1.19. The third-order valence-electron chi connectivity index (χ3n) is 6.00. The van der Waals surface area contributed by atoms with Crippen LogP contribution in [-0.4, -0.2) is 70.9 Å². The van der Waals surface area contributed by atoms with Gasteiger partial charge >= 0.3 is 0 Å². The molecule has 194 valence electrons. The van der Waals surface area contributed by atoms with Crippen molar-refractivity contribution in [2.75, 3.05) is 38.2 Å². The summed E-state index contributed by atoms with van der Waals surface area (Å²) in [4.78, 5) is 47.3.